The zero-order chi connectivity index (χ0) is 13.3. The highest BCUT2D eigenvalue weighted by Crippen LogP contribution is 2.20. The van der Waals surface area contributed by atoms with Crippen LogP contribution in [0.1, 0.15) is 19.4 Å². The molecule has 0 amide bonds. The zero-order valence-electron chi connectivity index (χ0n) is 10.8. The van der Waals surface area contributed by atoms with Crippen LogP contribution in [-0.4, -0.2) is 26.5 Å². The summed E-state index contributed by atoms with van der Waals surface area (Å²) in [6.45, 7) is 4.89. The molecule has 4 nitrogen and oxygen atoms in total. The van der Waals surface area contributed by atoms with Crippen molar-refractivity contribution in [3.05, 3.63) is 29.8 Å². The molecule has 1 atom stereocenters. The quantitative estimate of drug-likeness (QED) is 0.613. The first-order valence-electron chi connectivity index (χ1n) is 5.55. The van der Waals surface area contributed by atoms with E-state index in [1.807, 2.05) is 26.0 Å². The first-order valence-corrected chi connectivity index (χ1v) is 5.55. The topological polar surface area (TPSA) is 78.3 Å². The molecule has 1 aromatic rings. The molecule has 0 radical (unpaired) electrons. The van der Waals surface area contributed by atoms with Crippen molar-refractivity contribution >= 4 is 12.0 Å². The molecule has 0 bridgehead atoms. The molecule has 1 unspecified atom stereocenters. The Morgan fingerprint density at radius 2 is 1.82 bits per heavy atom. The van der Waals surface area contributed by atoms with E-state index in [0.717, 1.165) is 18.5 Å². The van der Waals surface area contributed by atoms with Crippen LogP contribution < -0.4 is 11.5 Å². The minimum Gasteiger partial charge on any atom is -0.399 e. The Balaban J connectivity index is 0.000000557. The Labute approximate surface area is 103 Å². The lowest BCUT2D eigenvalue weighted by atomic mass is 9.84. The molecular weight excluding hydrogens is 216 g/mol. The van der Waals surface area contributed by atoms with E-state index in [-0.39, 0.29) is 0 Å². The van der Waals surface area contributed by atoms with Crippen molar-refractivity contribution < 1.29 is 9.53 Å². The molecule has 0 aliphatic carbocycles. The van der Waals surface area contributed by atoms with Crippen LogP contribution in [0.3, 0.4) is 0 Å². The van der Waals surface area contributed by atoms with Gasteiger partial charge in [-0.3, -0.25) is 0 Å². The number of carbonyl (C=O) groups excluding carboxylic acids is 1. The molecule has 17 heavy (non-hydrogen) atoms. The molecule has 0 spiro atoms. The maximum Gasteiger partial charge on any atom is 0.131 e. The number of nitrogens with two attached hydrogens (primary N) is 2. The van der Waals surface area contributed by atoms with Gasteiger partial charge in [0.2, 0.25) is 0 Å². The maximum atomic E-state index is 10.8. The highest BCUT2D eigenvalue weighted by molar-refractivity contribution is 5.68. The molecule has 1 rings (SSSR count). The van der Waals surface area contributed by atoms with Gasteiger partial charge >= 0.3 is 0 Å². The number of hydrogen-bond donors (Lipinski definition) is 2. The summed E-state index contributed by atoms with van der Waals surface area (Å²) >= 11 is 0. The normalized spacial score (nSPS) is 13.2. The average Bonchev–Trinajstić information content (AvgIpc) is 2.39. The Hall–Kier alpha value is -1.39. The molecule has 1 aromatic carbocycles. The van der Waals surface area contributed by atoms with Crippen molar-refractivity contribution in [2.45, 2.75) is 19.3 Å². The summed E-state index contributed by atoms with van der Waals surface area (Å²) in [5, 5.41) is 0. The Morgan fingerprint density at radius 1 is 1.35 bits per heavy atom. The lowest BCUT2D eigenvalue weighted by molar-refractivity contribution is -0.111. The highest BCUT2D eigenvalue weighted by atomic mass is 16.5. The highest BCUT2D eigenvalue weighted by Gasteiger charge is 2.23. The molecule has 0 saturated heterocycles. The predicted molar refractivity (Wildman–Crippen MR) is 70.9 cm³/mol. The Bertz CT molecular complexity index is 323. The van der Waals surface area contributed by atoms with E-state index in [0.29, 0.717) is 12.2 Å². The van der Waals surface area contributed by atoms with Crippen LogP contribution in [0.15, 0.2) is 24.3 Å². The second kappa shape index (κ2) is 7.81. The predicted octanol–water partition coefficient (Wildman–Crippen LogP) is 1.34. The number of ether oxygens (including phenoxy) is 1. The summed E-state index contributed by atoms with van der Waals surface area (Å²) in [5.41, 5.74) is 12.1. The second-order valence-electron chi connectivity index (χ2n) is 3.94. The van der Waals surface area contributed by atoms with Crippen molar-refractivity contribution in [3.63, 3.8) is 0 Å². The first-order chi connectivity index (χ1) is 8.03. The number of hydrogen-bond acceptors (Lipinski definition) is 4. The van der Waals surface area contributed by atoms with Gasteiger partial charge in [0, 0.05) is 25.9 Å². The number of aldehydes is 1. The van der Waals surface area contributed by atoms with Gasteiger partial charge in [0.15, 0.2) is 0 Å². The van der Waals surface area contributed by atoms with Crippen molar-refractivity contribution in [2.75, 3.05) is 26.0 Å². The van der Waals surface area contributed by atoms with Crippen LogP contribution in [0, 0.1) is 0 Å². The standard InChI is InChI=1S/C10H14N2O.C3H8O/c1-10(6-11,7-13)8-2-4-9(12)5-3-8;1-3-4-2/h2-5,7H,6,11-12H2,1H3;3H2,1-2H3. The summed E-state index contributed by atoms with van der Waals surface area (Å²) in [7, 11) is 1.68. The molecule has 96 valence electrons. The van der Waals surface area contributed by atoms with Gasteiger partial charge in [-0.05, 0) is 31.5 Å². The number of benzene rings is 1. The van der Waals surface area contributed by atoms with E-state index < -0.39 is 5.41 Å². The minimum absolute atomic E-state index is 0.306. The first kappa shape index (κ1) is 15.6. The largest absolute Gasteiger partial charge is 0.399 e. The second-order valence-corrected chi connectivity index (χ2v) is 3.94. The SMILES string of the molecule is CC(C=O)(CN)c1ccc(N)cc1.CCOC. The number of anilines is 1. The Morgan fingerprint density at radius 3 is 2.12 bits per heavy atom. The number of nitrogen functional groups attached to an aromatic ring is 1. The van der Waals surface area contributed by atoms with Crippen LogP contribution in [0.5, 0.6) is 0 Å². The van der Waals surface area contributed by atoms with Gasteiger partial charge in [-0.1, -0.05) is 12.1 Å². The monoisotopic (exact) mass is 238 g/mol. The summed E-state index contributed by atoms with van der Waals surface area (Å²) in [5.74, 6) is 0. The van der Waals surface area contributed by atoms with Crippen molar-refractivity contribution in [3.8, 4) is 0 Å². The van der Waals surface area contributed by atoms with E-state index in [4.69, 9.17) is 11.5 Å². The van der Waals surface area contributed by atoms with Gasteiger partial charge in [-0.15, -0.1) is 0 Å². The molecule has 0 heterocycles. The summed E-state index contributed by atoms with van der Waals surface area (Å²) in [6.07, 6.45) is 0.874. The zero-order valence-corrected chi connectivity index (χ0v) is 10.8. The number of carbonyl (C=O) groups is 1. The molecular formula is C13H22N2O2. The van der Waals surface area contributed by atoms with Crippen molar-refractivity contribution in [1.82, 2.24) is 0 Å². The van der Waals surface area contributed by atoms with E-state index in [1.165, 1.54) is 0 Å². The fourth-order valence-electron chi connectivity index (χ4n) is 1.10. The third kappa shape index (κ3) is 4.97. The molecule has 0 saturated carbocycles. The van der Waals surface area contributed by atoms with Crippen LogP contribution in [0.4, 0.5) is 5.69 Å². The fraction of sp³-hybridized carbons (Fsp3) is 0.462. The van der Waals surface area contributed by atoms with Crippen LogP contribution >= 0.6 is 0 Å². The van der Waals surface area contributed by atoms with E-state index >= 15 is 0 Å². The molecule has 0 fully saturated rings. The van der Waals surface area contributed by atoms with Gasteiger partial charge < -0.3 is 21.0 Å². The molecule has 0 aromatic heterocycles. The third-order valence-electron chi connectivity index (χ3n) is 2.54. The summed E-state index contributed by atoms with van der Waals surface area (Å²) < 4.78 is 4.54. The lowest BCUT2D eigenvalue weighted by Gasteiger charge is -2.21. The summed E-state index contributed by atoms with van der Waals surface area (Å²) in [4.78, 5) is 10.8. The van der Waals surface area contributed by atoms with E-state index in [1.54, 1.807) is 19.2 Å². The van der Waals surface area contributed by atoms with E-state index in [9.17, 15) is 4.79 Å². The van der Waals surface area contributed by atoms with Gasteiger partial charge in [0.05, 0.1) is 5.41 Å². The number of methoxy groups -OCH3 is 1. The van der Waals surface area contributed by atoms with Crippen LogP contribution in [-0.2, 0) is 14.9 Å². The van der Waals surface area contributed by atoms with Crippen LogP contribution in [0.25, 0.3) is 0 Å². The summed E-state index contributed by atoms with van der Waals surface area (Å²) in [6, 6.07) is 7.20. The molecule has 4 heteroatoms. The Kier molecular flexibility index (Phi) is 7.18. The van der Waals surface area contributed by atoms with Crippen molar-refractivity contribution in [2.24, 2.45) is 5.73 Å². The third-order valence-corrected chi connectivity index (χ3v) is 2.54. The van der Waals surface area contributed by atoms with Gasteiger partial charge in [-0.2, -0.15) is 0 Å². The smallest absolute Gasteiger partial charge is 0.131 e. The average molecular weight is 238 g/mol. The molecule has 0 aliphatic heterocycles. The van der Waals surface area contributed by atoms with Gasteiger partial charge in [0.1, 0.15) is 6.29 Å². The molecule has 0 aliphatic rings. The van der Waals surface area contributed by atoms with Crippen LogP contribution in [0.2, 0.25) is 0 Å². The van der Waals surface area contributed by atoms with E-state index in [2.05, 4.69) is 4.74 Å². The number of rotatable bonds is 4. The molecule has 4 N–H and O–H groups in total. The minimum atomic E-state index is -0.590. The maximum absolute atomic E-state index is 10.8. The lowest BCUT2D eigenvalue weighted by Crippen LogP contribution is -2.33. The van der Waals surface area contributed by atoms with Gasteiger partial charge in [0.25, 0.3) is 0 Å². The van der Waals surface area contributed by atoms with Gasteiger partial charge in [-0.25, -0.2) is 0 Å². The fourth-order valence-corrected chi connectivity index (χ4v) is 1.10. The van der Waals surface area contributed by atoms with Crippen molar-refractivity contribution in [1.29, 1.82) is 0 Å².